The highest BCUT2D eigenvalue weighted by Crippen LogP contribution is 2.21. The molecule has 0 bridgehead atoms. The molecule has 0 spiro atoms. The molecule has 5 nitrogen and oxygen atoms in total. The van der Waals surface area contributed by atoms with Crippen LogP contribution in [0, 0.1) is 13.8 Å². The third-order valence-electron chi connectivity index (χ3n) is 2.76. The predicted octanol–water partition coefficient (Wildman–Crippen LogP) is 2.86. The van der Waals surface area contributed by atoms with E-state index in [0.717, 1.165) is 6.54 Å². The molecule has 0 radical (unpaired) electrons. The minimum Gasteiger partial charge on any atom is -0.407 e. The number of aromatic nitrogens is 2. The summed E-state index contributed by atoms with van der Waals surface area (Å²) in [5.74, 6) is 0.606. The van der Waals surface area contributed by atoms with Crippen molar-refractivity contribution >= 4 is 17.4 Å². The van der Waals surface area contributed by atoms with Gasteiger partial charge in [-0.05, 0) is 25.5 Å². The lowest BCUT2D eigenvalue weighted by atomic mass is 10.3. The largest absolute Gasteiger partial charge is 0.407 e. The second kappa shape index (κ2) is 6.16. The summed E-state index contributed by atoms with van der Waals surface area (Å²) in [6.07, 6.45) is 0. The second-order valence-electron chi connectivity index (χ2n) is 4.84. The van der Waals surface area contributed by atoms with Gasteiger partial charge in [0.1, 0.15) is 0 Å². The van der Waals surface area contributed by atoms with Crippen molar-refractivity contribution in [2.45, 2.75) is 46.8 Å². The topological polar surface area (TPSA) is 63.0 Å². The lowest BCUT2D eigenvalue weighted by Gasteiger charge is -2.03. The zero-order chi connectivity index (χ0) is 13.8. The number of hydrogen-bond donors (Lipinski definition) is 2. The zero-order valence-electron chi connectivity index (χ0n) is 11.8. The molecule has 2 aromatic heterocycles. The first kappa shape index (κ1) is 14.0. The maximum Gasteiger partial charge on any atom is 0.315 e. The molecule has 2 heterocycles. The number of hydrogen-bond acceptors (Lipinski definition) is 6. The average molecular weight is 280 g/mol. The van der Waals surface area contributed by atoms with Crippen LogP contribution < -0.4 is 10.6 Å². The molecule has 0 aliphatic rings. The Morgan fingerprint density at radius 1 is 1.26 bits per heavy atom. The molecule has 0 saturated carbocycles. The van der Waals surface area contributed by atoms with Gasteiger partial charge < -0.3 is 15.1 Å². The molecule has 0 aliphatic carbocycles. The van der Waals surface area contributed by atoms with Crippen LogP contribution in [0.15, 0.2) is 10.5 Å². The highest BCUT2D eigenvalue weighted by Gasteiger charge is 2.07. The molecule has 0 fully saturated rings. The average Bonchev–Trinajstić information content (AvgIpc) is 2.92. The lowest BCUT2D eigenvalue weighted by Crippen LogP contribution is -2.21. The van der Waals surface area contributed by atoms with E-state index in [0.29, 0.717) is 24.5 Å². The van der Waals surface area contributed by atoms with Crippen LogP contribution >= 0.6 is 11.3 Å². The van der Waals surface area contributed by atoms with Gasteiger partial charge >= 0.3 is 6.01 Å². The Morgan fingerprint density at radius 3 is 2.68 bits per heavy atom. The quantitative estimate of drug-likeness (QED) is 0.852. The van der Waals surface area contributed by atoms with Crippen molar-refractivity contribution in [2.75, 3.05) is 5.32 Å². The molecular weight excluding hydrogens is 260 g/mol. The molecule has 2 aromatic rings. The van der Waals surface area contributed by atoms with Gasteiger partial charge in [-0.2, -0.15) is 0 Å². The lowest BCUT2D eigenvalue weighted by molar-refractivity contribution is 0.458. The van der Waals surface area contributed by atoms with Crippen LogP contribution in [0.4, 0.5) is 6.01 Å². The standard InChI is InChI=1S/C13H20N4OS/c1-8(2)14-7-12-16-17-13(18-12)15-6-11-5-9(3)10(4)19-11/h5,8,14H,6-7H2,1-4H3,(H,15,17). The third-order valence-corrected chi connectivity index (χ3v) is 3.91. The van der Waals surface area contributed by atoms with Crippen LogP contribution in [-0.2, 0) is 13.1 Å². The number of nitrogens with one attached hydrogen (secondary N) is 2. The molecule has 0 amide bonds. The molecule has 2 rings (SSSR count). The van der Waals surface area contributed by atoms with E-state index < -0.39 is 0 Å². The molecule has 2 N–H and O–H groups in total. The van der Waals surface area contributed by atoms with E-state index in [1.54, 1.807) is 11.3 Å². The summed E-state index contributed by atoms with van der Waals surface area (Å²) in [6.45, 7) is 9.74. The van der Waals surface area contributed by atoms with E-state index in [1.807, 2.05) is 0 Å². The van der Waals surface area contributed by atoms with E-state index >= 15 is 0 Å². The number of rotatable bonds is 6. The van der Waals surface area contributed by atoms with Crippen molar-refractivity contribution in [3.05, 3.63) is 27.3 Å². The molecular formula is C13H20N4OS. The Morgan fingerprint density at radius 2 is 2.05 bits per heavy atom. The highest BCUT2D eigenvalue weighted by molar-refractivity contribution is 7.12. The molecule has 19 heavy (non-hydrogen) atoms. The Kier molecular flexibility index (Phi) is 4.55. The Bertz CT molecular complexity index is 513. The SMILES string of the molecule is Cc1cc(CNc2nnc(CNC(C)C)o2)sc1C. The fraction of sp³-hybridized carbons (Fsp3) is 0.538. The van der Waals surface area contributed by atoms with Crippen LogP contribution in [0.1, 0.15) is 35.1 Å². The summed E-state index contributed by atoms with van der Waals surface area (Å²) in [5, 5.41) is 14.3. The first-order chi connectivity index (χ1) is 9.04. The van der Waals surface area contributed by atoms with E-state index in [9.17, 15) is 0 Å². The summed E-state index contributed by atoms with van der Waals surface area (Å²) in [6, 6.07) is 3.06. The summed E-state index contributed by atoms with van der Waals surface area (Å²) in [4.78, 5) is 2.62. The van der Waals surface area contributed by atoms with Gasteiger partial charge in [-0.3, -0.25) is 0 Å². The number of nitrogens with zero attached hydrogens (tertiary/aromatic N) is 2. The smallest absolute Gasteiger partial charge is 0.315 e. The third kappa shape index (κ3) is 4.04. The molecule has 0 saturated heterocycles. The molecule has 0 unspecified atom stereocenters. The number of aryl methyl sites for hydroxylation is 2. The maximum atomic E-state index is 5.50. The number of thiophene rings is 1. The fourth-order valence-electron chi connectivity index (χ4n) is 1.59. The molecule has 0 atom stereocenters. The fourth-order valence-corrected chi connectivity index (χ4v) is 2.58. The Balaban J connectivity index is 1.86. The van der Waals surface area contributed by atoms with Gasteiger partial charge in [0.15, 0.2) is 0 Å². The maximum absolute atomic E-state index is 5.50. The van der Waals surface area contributed by atoms with Gasteiger partial charge in [-0.1, -0.05) is 18.9 Å². The van der Waals surface area contributed by atoms with Gasteiger partial charge in [0.05, 0.1) is 13.1 Å². The molecule has 104 valence electrons. The molecule has 6 heteroatoms. The van der Waals surface area contributed by atoms with Gasteiger partial charge in [0, 0.05) is 15.8 Å². The van der Waals surface area contributed by atoms with Crippen molar-refractivity contribution in [1.29, 1.82) is 0 Å². The normalized spacial score (nSPS) is 11.2. The van der Waals surface area contributed by atoms with Crippen LogP contribution in [0.3, 0.4) is 0 Å². The summed E-state index contributed by atoms with van der Waals surface area (Å²) < 4.78 is 5.50. The van der Waals surface area contributed by atoms with Crippen molar-refractivity contribution in [3.8, 4) is 0 Å². The van der Waals surface area contributed by atoms with E-state index in [4.69, 9.17) is 4.42 Å². The summed E-state index contributed by atoms with van der Waals surface area (Å²) in [7, 11) is 0. The molecule has 0 aromatic carbocycles. The van der Waals surface area contributed by atoms with Gasteiger partial charge in [-0.15, -0.1) is 16.4 Å². The Labute approximate surface area is 117 Å². The van der Waals surface area contributed by atoms with Crippen LogP contribution in [0.5, 0.6) is 0 Å². The van der Waals surface area contributed by atoms with Crippen molar-refractivity contribution < 1.29 is 4.42 Å². The van der Waals surface area contributed by atoms with Crippen molar-refractivity contribution in [2.24, 2.45) is 0 Å². The van der Waals surface area contributed by atoms with Crippen LogP contribution in [0.2, 0.25) is 0 Å². The highest BCUT2D eigenvalue weighted by atomic mass is 32.1. The predicted molar refractivity (Wildman–Crippen MR) is 77.4 cm³/mol. The minimum absolute atomic E-state index is 0.403. The summed E-state index contributed by atoms with van der Waals surface area (Å²) in [5.41, 5.74) is 1.33. The van der Waals surface area contributed by atoms with E-state index in [2.05, 4.69) is 54.6 Å². The Hall–Kier alpha value is -1.40. The van der Waals surface area contributed by atoms with Crippen molar-refractivity contribution in [3.63, 3.8) is 0 Å². The van der Waals surface area contributed by atoms with Gasteiger partial charge in [0.2, 0.25) is 5.89 Å². The van der Waals surface area contributed by atoms with Crippen LogP contribution in [-0.4, -0.2) is 16.2 Å². The monoisotopic (exact) mass is 280 g/mol. The summed E-state index contributed by atoms with van der Waals surface area (Å²) >= 11 is 1.79. The van der Waals surface area contributed by atoms with Crippen LogP contribution in [0.25, 0.3) is 0 Å². The first-order valence-electron chi connectivity index (χ1n) is 6.40. The second-order valence-corrected chi connectivity index (χ2v) is 6.18. The van der Waals surface area contributed by atoms with E-state index in [1.165, 1.54) is 15.3 Å². The minimum atomic E-state index is 0.403. The number of anilines is 1. The zero-order valence-corrected chi connectivity index (χ0v) is 12.6. The van der Waals surface area contributed by atoms with Gasteiger partial charge in [0.25, 0.3) is 0 Å². The van der Waals surface area contributed by atoms with E-state index in [-0.39, 0.29) is 0 Å². The molecule has 0 aliphatic heterocycles. The van der Waals surface area contributed by atoms with Gasteiger partial charge in [-0.25, -0.2) is 0 Å². The first-order valence-corrected chi connectivity index (χ1v) is 7.22. The van der Waals surface area contributed by atoms with Crippen molar-refractivity contribution in [1.82, 2.24) is 15.5 Å².